The van der Waals surface area contributed by atoms with E-state index in [-0.39, 0.29) is 24.8 Å². The molecule has 0 bridgehead atoms. The number of benzene rings is 1. The smallest absolute Gasteiger partial charge is 0.323 e. The predicted molar refractivity (Wildman–Crippen MR) is 65.1 cm³/mol. The second-order valence-electron chi connectivity index (χ2n) is 3.88. The third kappa shape index (κ3) is 3.73. The molecule has 2 amide bonds. The van der Waals surface area contributed by atoms with Crippen LogP contribution in [0.2, 0.25) is 0 Å². The lowest BCUT2D eigenvalue weighted by Crippen LogP contribution is -2.39. The monoisotopic (exact) mass is 254 g/mol. The summed E-state index contributed by atoms with van der Waals surface area (Å²) in [6.07, 6.45) is -0.112. The molecule has 0 unspecified atom stereocenters. The number of carboxylic acid groups (broad SMARTS) is 1. The average Bonchev–Trinajstić information content (AvgIpc) is 2.35. The lowest BCUT2D eigenvalue weighted by Gasteiger charge is -2.24. The van der Waals surface area contributed by atoms with Gasteiger partial charge in [0.1, 0.15) is 5.82 Å². The number of hydrogen-bond acceptors (Lipinski definition) is 2. The van der Waals surface area contributed by atoms with Crippen molar-refractivity contribution in [3.63, 3.8) is 0 Å². The molecule has 0 aliphatic carbocycles. The fourth-order valence-corrected chi connectivity index (χ4v) is 1.39. The van der Waals surface area contributed by atoms with E-state index in [1.54, 1.807) is 7.05 Å². The van der Waals surface area contributed by atoms with Crippen LogP contribution >= 0.6 is 0 Å². The van der Waals surface area contributed by atoms with Gasteiger partial charge < -0.3 is 10.0 Å². The number of amides is 2. The molecule has 6 heteroatoms. The van der Waals surface area contributed by atoms with Gasteiger partial charge >= 0.3 is 12.0 Å². The lowest BCUT2D eigenvalue weighted by molar-refractivity contribution is -0.137. The number of carbonyl (C=O) groups is 2. The van der Waals surface area contributed by atoms with Crippen molar-refractivity contribution < 1.29 is 19.1 Å². The number of nitrogens with zero attached hydrogens (tertiary/aromatic N) is 2. The Morgan fingerprint density at radius 1 is 1.22 bits per heavy atom. The Hall–Kier alpha value is -2.11. The van der Waals surface area contributed by atoms with Gasteiger partial charge in [-0.25, -0.2) is 9.18 Å². The number of carbonyl (C=O) groups excluding carboxylic acids is 1. The fourth-order valence-electron chi connectivity index (χ4n) is 1.39. The molecule has 1 rings (SSSR count). The molecular formula is C12H15FN2O3. The molecule has 5 nitrogen and oxygen atoms in total. The first-order valence-electron chi connectivity index (χ1n) is 5.38. The van der Waals surface area contributed by atoms with Gasteiger partial charge in [0, 0.05) is 26.3 Å². The second kappa shape index (κ2) is 6.00. The maximum Gasteiger partial charge on any atom is 0.323 e. The third-order valence-electron chi connectivity index (χ3n) is 2.49. The van der Waals surface area contributed by atoms with E-state index in [9.17, 15) is 14.0 Å². The molecule has 98 valence electrons. The van der Waals surface area contributed by atoms with Crippen molar-refractivity contribution in [1.82, 2.24) is 4.90 Å². The lowest BCUT2D eigenvalue weighted by atomic mass is 10.3. The van der Waals surface area contributed by atoms with Crippen LogP contribution in [0.5, 0.6) is 0 Å². The van der Waals surface area contributed by atoms with Crippen LogP contribution < -0.4 is 4.90 Å². The zero-order chi connectivity index (χ0) is 13.7. The Balaban J connectivity index is 2.65. The SMILES string of the molecule is CN(CCC(=O)O)C(=O)N(C)c1ccc(F)cc1. The molecule has 0 aliphatic heterocycles. The highest BCUT2D eigenvalue weighted by Gasteiger charge is 2.16. The van der Waals surface area contributed by atoms with E-state index in [0.29, 0.717) is 5.69 Å². The normalized spacial score (nSPS) is 9.94. The summed E-state index contributed by atoms with van der Waals surface area (Å²) in [5, 5.41) is 8.54. The molecule has 0 aliphatic rings. The minimum atomic E-state index is -0.959. The highest BCUT2D eigenvalue weighted by molar-refractivity contribution is 5.91. The zero-order valence-corrected chi connectivity index (χ0v) is 10.3. The quantitative estimate of drug-likeness (QED) is 0.891. The van der Waals surface area contributed by atoms with Gasteiger partial charge in [-0.05, 0) is 24.3 Å². The van der Waals surface area contributed by atoms with Crippen LogP contribution in [0.25, 0.3) is 0 Å². The molecule has 0 spiro atoms. The molecule has 1 N–H and O–H groups in total. The van der Waals surface area contributed by atoms with Crippen LogP contribution in [-0.2, 0) is 4.79 Å². The van der Waals surface area contributed by atoms with Crippen LogP contribution in [0, 0.1) is 5.82 Å². The largest absolute Gasteiger partial charge is 0.481 e. The number of carboxylic acids is 1. The summed E-state index contributed by atoms with van der Waals surface area (Å²) in [5.74, 6) is -1.34. The van der Waals surface area contributed by atoms with Crippen molar-refractivity contribution in [3.05, 3.63) is 30.1 Å². The van der Waals surface area contributed by atoms with Gasteiger partial charge in [-0.15, -0.1) is 0 Å². The second-order valence-corrected chi connectivity index (χ2v) is 3.88. The van der Waals surface area contributed by atoms with Crippen LogP contribution in [0.3, 0.4) is 0 Å². The van der Waals surface area contributed by atoms with E-state index < -0.39 is 5.97 Å². The molecule has 0 saturated heterocycles. The number of hydrogen-bond donors (Lipinski definition) is 1. The number of halogens is 1. The summed E-state index contributed by atoms with van der Waals surface area (Å²) in [4.78, 5) is 25.0. The maximum absolute atomic E-state index is 12.7. The van der Waals surface area contributed by atoms with Gasteiger partial charge in [0.05, 0.1) is 6.42 Å². The number of aliphatic carboxylic acids is 1. The van der Waals surface area contributed by atoms with Gasteiger partial charge in [-0.3, -0.25) is 9.69 Å². The van der Waals surface area contributed by atoms with Gasteiger partial charge in [0.25, 0.3) is 0 Å². The summed E-state index contributed by atoms with van der Waals surface area (Å²) in [6.45, 7) is 0.125. The minimum absolute atomic E-state index is 0.112. The molecule has 1 aromatic carbocycles. The molecule has 0 radical (unpaired) electrons. The van der Waals surface area contributed by atoms with Crippen molar-refractivity contribution in [2.75, 3.05) is 25.5 Å². The molecule has 1 aromatic rings. The Morgan fingerprint density at radius 2 is 1.78 bits per heavy atom. The Bertz CT molecular complexity index is 433. The van der Waals surface area contributed by atoms with Crippen molar-refractivity contribution in [2.24, 2.45) is 0 Å². The molecule has 0 atom stereocenters. The van der Waals surface area contributed by atoms with Gasteiger partial charge in [0.15, 0.2) is 0 Å². The standard InChI is InChI=1S/C12H15FN2O3/c1-14(8-7-11(16)17)12(18)15(2)10-5-3-9(13)4-6-10/h3-6H,7-8H2,1-2H3,(H,16,17). The van der Waals surface area contributed by atoms with Gasteiger partial charge in [-0.1, -0.05) is 0 Å². The molecule has 18 heavy (non-hydrogen) atoms. The van der Waals surface area contributed by atoms with E-state index in [2.05, 4.69) is 0 Å². The van der Waals surface area contributed by atoms with E-state index in [0.717, 1.165) is 0 Å². The zero-order valence-electron chi connectivity index (χ0n) is 10.3. The molecule has 0 aromatic heterocycles. The Morgan fingerprint density at radius 3 is 2.28 bits per heavy atom. The van der Waals surface area contributed by atoms with E-state index >= 15 is 0 Å². The maximum atomic E-state index is 12.7. The topological polar surface area (TPSA) is 60.9 Å². The highest BCUT2D eigenvalue weighted by atomic mass is 19.1. The van der Waals surface area contributed by atoms with Crippen LogP contribution in [0.15, 0.2) is 24.3 Å². The van der Waals surface area contributed by atoms with E-state index in [4.69, 9.17) is 5.11 Å². The number of anilines is 1. The summed E-state index contributed by atoms with van der Waals surface area (Å²) in [5.41, 5.74) is 0.545. The van der Waals surface area contributed by atoms with Gasteiger partial charge in [-0.2, -0.15) is 0 Å². The van der Waals surface area contributed by atoms with Gasteiger partial charge in [0.2, 0.25) is 0 Å². The summed E-state index contributed by atoms with van der Waals surface area (Å²) in [7, 11) is 3.07. The summed E-state index contributed by atoms with van der Waals surface area (Å²) in [6, 6.07) is 5.14. The van der Waals surface area contributed by atoms with Crippen molar-refractivity contribution in [1.29, 1.82) is 0 Å². The highest BCUT2D eigenvalue weighted by Crippen LogP contribution is 2.14. The Kier molecular flexibility index (Phi) is 4.65. The number of urea groups is 1. The van der Waals surface area contributed by atoms with E-state index in [1.807, 2.05) is 0 Å². The Labute approximate surface area is 104 Å². The van der Waals surface area contributed by atoms with Crippen LogP contribution in [-0.4, -0.2) is 42.6 Å². The minimum Gasteiger partial charge on any atom is -0.481 e. The van der Waals surface area contributed by atoms with Crippen molar-refractivity contribution >= 4 is 17.7 Å². The van der Waals surface area contributed by atoms with Crippen LogP contribution in [0.1, 0.15) is 6.42 Å². The molecule has 0 heterocycles. The third-order valence-corrected chi connectivity index (χ3v) is 2.49. The first-order valence-corrected chi connectivity index (χ1v) is 5.38. The average molecular weight is 254 g/mol. The van der Waals surface area contributed by atoms with Crippen molar-refractivity contribution in [2.45, 2.75) is 6.42 Å². The predicted octanol–water partition coefficient (Wildman–Crippen LogP) is 1.79. The fraction of sp³-hybridized carbons (Fsp3) is 0.333. The molecule has 0 fully saturated rings. The van der Waals surface area contributed by atoms with E-state index in [1.165, 1.54) is 41.1 Å². The summed E-state index contributed by atoms with van der Waals surface area (Å²) >= 11 is 0. The van der Waals surface area contributed by atoms with Crippen molar-refractivity contribution in [3.8, 4) is 0 Å². The number of rotatable bonds is 4. The molecule has 0 saturated carbocycles. The van der Waals surface area contributed by atoms with Crippen LogP contribution in [0.4, 0.5) is 14.9 Å². The summed E-state index contributed by atoms with van der Waals surface area (Å²) < 4.78 is 12.7. The molecular weight excluding hydrogens is 239 g/mol. The first-order chi connectivity index (χ1) is 8.41. The first kappa shape index (κ1) is 14.0.